The molecule has 1 atom stereocenters. The van der Waals surface area contributed by atoms with E-state index in [1.54, 1.807) is 0 Å². The van der Waals surface area contributed by atoms with Gasteiger partial charge in [0.2, 0.25) is 0 Å². The summed E-state index contributed by atoms with van der Waals surface area (Å²) in [5.74, 6) is 0. The van der Waals surface area contributed by atoms with Crippen LogP contribution in [0.1, 0.15) is 91.4 Å². The Morgan fingerprint density at radius 1 is 0.800 bits per heavy atom. The summed E-state index contributed by atoms with van der Waals surface area (Å²) in [5, 5.41) is 10.1. The topological polar surface area (TPSA) is 20.2 Å². The molecule has 0 saturated heterocycles. The molecule has 0 amide bonds. The van der Waals surface area contributed by atoms with Crippen LogP contribution in [-0.4, -0.2) is 10.7 Å². The molecule has 118 valence electrons. The number of aliphatic hydroxyl groups is 1. The summed E-state index contributed by atoms with van der Waals surface area (Å²) in [4.78, 5) is 0. The smallest absolute Gasteiger partial charge is 0.0802 e. The van der Waals surface area contributed by atoms with Crippen molar-refractivity contribution in [3.05, 3.63) is 24.3 Å². The predicted octanol–water partition coefficient (Wildman–Crippen LogP) is 6.18. The molecule has 1 nitrogen and oxygen atoms in total. The Hall–Kier alpha value is -0.560. The summed E-state index contributed by atoms with van der Waals surface area (Å²) >= 11 is 0. The fraction of sp³-hybridized carbons (Fsp3) is 0.789. The van der Waals surface area contributed by atoms with Gasteiger partial charge in [0.15, 0.2) is 0 Å². The quantitative estimate of drug-likeness (QED) is 0.315. The second kappa shape index (κ2) is 13.4. The molecule has 0 fully saturated rings. The van der Waals surface area contributed by atoms with Gasteiger partial charge in [-0.1, -0.05) is 89.5 Å². The van der Waals surface area contributed by atoms with E-state index in [2.05, 4.69) is 26.0 Å². The minimum atomic E-state index is -0.639. The van der Waals surface area contributed by atoms with Crippen molar-refractivity contribution < 1.29 is 5.11 Å². The minimum Gasteiger partial charge on any atom is -0.386 e. The largest absolute Gasteiger partial charge is 0.386 e. The Morgan fingerprint density at radius 2 is 1.40 bits per heavy atom. The maximum absolute atomic E-state index is 10.1. The molecule has 0 saturated carbocycles. The van der Waals surface area contributed by atoms with Crippen LogP contribution in [0.25, 0.3) is 0 Å². The van der Waals surface area contributed by atoms with E-state index >= 15 is 0 Å². The number of rotatable bonds is 13. The second-order valence-corrected chi connectivity index (χ2v) is 6.16. The number of hydrogen-bond donors (Lipinski definition) is 1. The average molecular weight is 280 g/mol. The van der Waals surface area contributed by atoms with E-state index in [1.165, 1.54) is 51.4 Å². The zero-order chi connectivity index (χ0) is 15.1. The van der Waals surface area contributed by atoms with Gasteiger partial charge in [0, 0.05) is 0 Å². The molecule has 0 radical (unpaired) electrons. The van der Waals surface area contributed by atoms with Crippen LogP contribution in [0.15, 0.2) is 24.3 Å². The summed E-state index contributed by atoms with van der Waals surface area (Å²) in [6, 6.07) is 0. The van der Waals surface area contributed by atoms with Gasteiger partial charge in [-0.05, 0) is 26.2 Å². The third kappa shape index (κ3) is 13.9. The average Bonchev–Trinajstić information content (AvgIpc) is 2.41. The Labute approximate surface area is 127 Å². The molecule has 0 aromatic heterocycles. The molecule has 0 aromatic carbocycles. The van der Waals surface area contributed by atoms with Crippen molar-refractivity contribution in [3.63, 3.8) is 0 Å². The van der Waals surface area contributed by atoms with Crippen molar-refractivity contribution in [1.29, 1.82) is 0 Å². The van der Waals surface area contributed by atoms with Crippen LogP contribution in [0.5, 0.6) is 0 Å². The first-order chi connectivity index (χ1) is 9.62. The van der Waals surface area contributed by atoms with E-state index in [9.17, 15) is 5.11 Å². The molecule has 0 aliphatic carbocycles. The lowest BCUT2D eigenvalue weighted by molar-refractivity contribution is 0.0986. The van der Waals surface area contributed by atoms with Crippen LogP contribution < -0.4 is 0 Å². The monoisotopic (exact) mass is 280 g/mol. The molecular weight excluding hydrogens is 244 g/mol. The van der Waals surface area contributed by atoms with Gasteiger partial charge in [0.25, 0.3) is 0 Å². The molecule has 0 rings (SSSR count). The maximum Gasteiger partial charge on any atom is 0.0802 e. The van der Waals surface area contributed by atoms with Gasteiger partial charge in [-0.3, -0.25) is 0 Å². The van der Waals surface area contributed by atoms with Crippen molar-refractivity contribution in [1.82, 2.24) is 0 Å². The summed E-state index contributed by atoms with van der Waals surface area (Å²) in [6.45, 7) is 6.35. The van der Waals surface area contributed by atoms with Crippen molar-refractivity contribution in [3.8, 4) is 0 Å². The van der Waals surface area contributed by atoms with E-state index in [-0.39, 0.29) is 0 Å². The Bertz CT molecular complexity index is 250. The zero-order valence-corrected chi connectivity index (χ0v) is 14.0. The highest BCUT2D eigenvalue weighted by molar-refractivity contribution is 5.08. The van der Waals surface area contributed by atoms with E-state index in [0.29, 0.717) is 0 Å². The molecule has 0 bridgehead atoms. The van der Waals surface area contributed by atoms with Gasteiger partial charge in [0.1, 0.15) is 0 Å². The van der Waals surface area contributed by atoms with Crippen LogP contribution in [0.2, 0.25) is 0 Å². The van der Waals surface area contributed by atoms with Gasteiger partial charge in [-0.25, -0.2) is 0 Å². The number of allylic oxidation sites excluding steroid dienone is 3. The molecule has 1 N–H and O–H groups in total. The summed E-state index contributed by atoms with van der Waals surface area (Å²) in [5.41, 5.74) is -0.639. The van der Waals surface area contributed by atoms with Gasteiger partial charge in [-0.15, -0.1) is 0 Å². The fourth-order valence-corrected chi connectivity index (χ4v) is 2.30. The standard InChI is InChI=1S/C19H36O/c1-4-6-8-9-10-11-12-13-14-16-18-19(3,20)17-15-7-5-2/h13-14,16,18,20H,4-12,15,17H2,1-3H3/b14-13-,18-16+. The lowest BCUT2D eigenvalue weighted by Crippen LogP contribution is -2.20. The van der Waals surface area contributed by atoms with E-state index in [1.807, 2.05) is 19.1 Å². The predicted molar refractivity (Wildman–Crippen MR) is 91.0 cm³/mol. The van der Waals surface area contributed by atoms with Crippen molar-refractivity contribution in [2.45, 2.75) is 97.0 Å². The highest BCUT2D eigenvalue weighted by Crippen LogP contribution is 2.16. The van der Waals surface area contributed by atoms with Crippen molar-refractivity contribution in [2.24, 2.45) is 0 Å². The zero-order valence-electron chi connectivity index (χ0n) is 14.0. The fourth-order valence-electron chi connectivity index (χ4n) is 2.30. The summed E-state index contributed by atoms with van der Waals surface area (Å²) in [7, 11) is 0. The summed E-state index contributed by atoms with van der Waals surface area (Å²) < 4.78 is 0. The molecule has 0 heterocycles. The van der Waals surface area contributed by atoms with E-state index < -0.39 is 5.60 Å². The lowest BCUT2D eigenvalue weighted by atomic mass is 9.98. The Kier molecular flexibility index (Phi) is 13.0. The van der Waals surface area contributed by atoms with E-state index in [4.69, 9.17) is 0 Å². The van der Waals surface area contributed by atoms with Gasteiger partial charge in [-0.2, -0.15) is 0 Å². The highest BCUT2D eigenvalue weighted by Gasteiger charge is 2.14. The van der Waals surface area contributed by atoms with Crippen LogP contribution in [0.3, 0.4) is 0 Å². The normalized spacial score (nSPS) is 15.2. The number of unbranched alkanes of at least 4 members (excludes halogenated alkanes) is 8. The first kappa shape index (κ1) is 19.4. The third-order valence-corrected chi connectivity index (χ3v) is 3.71. The summed E-state index contributed by atoms with van der Waals surface area (Å²) in [6.07, 6.45) is 21.9. The van der Waals surface area contributed by atoms with E-state index in [0.717, 1.165) is 19.3 Å². The first-order valence-corrected chi connectivity index (χ1v) is 8.69. The van der Waals surface area contributed by atoms with Crippen molar-refractivity contribution in [2.75, 3.05) is 0 Å². The molecular formula is C19H36O. The number of hydrogen-bond acceptors (Lipinski definition) is 1. The second-order valence-electron chi connectivity index (χ2n) is 6.16. The van der Waals surface area contributed by atoms with Gasteiger partial charge < -0.3 is 5.11 Å². The molecule has 0 aliphatic rings. The first-order valence-electron chi connectivity index (χ1n) is 8.69. The van der Waals surface area contributed by atoms with Crippen LogP contribution in [0.4, 0.5) is 0 Å². The SMILES string of the molecule is CCCCCCCC/C=C\C=C\C(C)(O)CCCCC. The van der Waals surface area contributed by atoms with Crippen LogP contribution >= 0.6 is 0 Å². The molecule has 0 spiro atoms. The highest BCUT2D eigenvalue weighted by atomic mass is 16.3. The molecule has 0 aliphatic heterocycles. The molecule has 1 heteroatoms. The third-order valence-electron chi connectivity index (χ3n) is 3.71. The Balaban J connectivity index is 3.58. The molecule has 20 heavy (non-hydrogen) atoms. The van der Waals surface area contributed by atoms with Crippen LogP contribution in [0, 0.1) is 0 Å². The lowest BCUT2D eigenvalue weighted by Gasteiger charge is -2.18. The van der Waals surface area contributed by atoms with Gasteiger partial charge in [0.05, 0.1) is 5.60 Å². The Morgan fingerprint density at radius 3 is 2.10 bits per heavy atom. The molecule has 1 unspecified atom stereocenters. The molecule has 0 aromatic rings. The van der Waals surface area contributed by atoms with Crippen LogP contribution in [-0.2, 0) is 0 Å². The van der Waals surface area contributed by atoms with Gasteiger partial charge >= 0.3 is 0 Å². The maximum atomic E-state index is 10.1. The minimum absolute atomic E-state index is 0.639. The van der Waals surface area contributed by atoms with Crippen molar-refractivity contribution >= 4 is 0 Å².